The number of ether oxygens (including phenoxy) is 4. The summed E-state index contributed by atoms with van der Waals surface area (Å²) in [7, 11) is -9.87. The van der Waals surface area contributed by atoms with E-state index in [9.17, 15) is 43.2 Å². The van der Waals surface area contributed by atoms with Crippen molar-refractivity contribution in [3.8, 4) is 0 Å². The van der Waals surface area contributed by atoms with E-state index in [1.807, 2.05) is 0 Å². The summed E-state index contributed by atoms with van der Waals surface area (Å²) >= 11 is 0. The lowest BCUT2D eigenvalue weighted by Crippen LogP contribution is -2.30. The maximum absolute atomic E-state index is 12.9. The standard InChI is InChI=1S/C58H112O17P2/c1-7-9-11-13-20-28-34-40-55(60)68-46-53(74-57(62)42-36-30-21-14-12-10-8-2)48-72-76(64,65)70-44-52(59)45-71-77(66,67)73-49-54(47-69-56(61)41-35-29-24-19-18-23-27-33-39-51(5)6)75-58(63)43-37-31-25-17-15-16-22-26-32-38-50(3)4/h50-54,59H,7-49H2,1-6H3,(H,64,65)(H,66,67)/t52-,53+,54+/m0/s1. The molecular weight excluding hydrogens is 1030 g/mol. The third-order valence-electron chi connectivity index (χ3n) is 13.2. The number of aliphatic hydroxyl groups is 1. The van der Waals surface area contributed by atoms with Gasteiger partial charge < -0.3 is 33.8 Å². The lowest BCUT2D eigenvalue weighted by molar-refractivity contribution is -0.161. The quantitative estimate of drug-likeness (QED) is 0.0222. The molecule has 77 heavy (non-hydrogen) atoms. The normalized spacial score (nSPS) is 14.5. The minimum atomic E-state index is -4.94. The first-order valence-electron chi connectivity index (χ1n) is 30.5. The highest BCUT2D eigenvalue weighted by Gasteiger charge is 2.30. The molecule has 0 saturated carbocycles. The Balaban J connectivity index is 5.20. The van der Waals surface area contributed by atoms with Gasteiger partial charge in [-0.2, -0.15) is 0 Å². The van der Waals surface area contributed by atoms with Crippen molar-refractivity contribution >= 4 is 39.5 Å². The van der Waals surface area contributed by atoms with Crippen molar-refractivity contribution in [2.45, 2.75) is 297 Å². The van der Waals surface area contributed by atoms with E-state index in [1.165, 1.54) is 70.6 Å². The van der Waals surface area contributed by atoms with Crippen LogP contribution in [0.15, 0.2) is 0 Å². The molecule has 456 valence electrons. The van der Waals surface area contributed by atoms with Crippen LogP contribution in [0.1, 0.15) is 279 Å². The number of phosphoric ester groups is 2. The molecule has 0 spiro atoms. The number of phosphoric acid groups is 2. The molecule has 5 atom stereocenters. The van der Waals surface area contributed by atoms with Crippen LogP contribution in [0.2, 0.25) is 0 Å². The zero-order valence-corrected chi connectivity index (χ0v) is 51.0. The van der Waals surface area contributed by atoms with Crippen molar-refractivity contribution in [1.82, 2.24) is 0 Å². The first-order chi connectivity index (χ1) is 36.9. The van der Waals surface area contributed by atoms with Gasteiger partial charge in [0.25, 0.3) is 0 Å². The van der Waals surface area contributed by atoms with Gasteiger partial charge in [-0.15, -0.1) is 0 Å². The zero-order chi connectivity index (χ0) is 57.3. The van der Waals surface area contributed by atoms with Crippen LogP contribution < -0.4 is 0 Å². The van der Waals surface area contributed by atoms with Crippen LogP contribution in [0.5, 0.6) is 0 Å². The van der Waals surface area contributed by atoms with Crippen LogP contribution in [0.3, 0.4) is 0 Å². The Kier molecular flexibility index (Phi) is 49.7. The first kappa shape index (κ1) is 75.1. The Hall–Kier alpha value is -1.94. The SMILES string of the molecule is CCCCCCCCCC(=O)OC[C@H](COP(=O)(O)OC[C@H](O)COP(=O)(O)OC[C@@H](COC(=O)CCCCCCCCCCC(C)C)OC(=O)CCCCCCCCCCCC(C)C)OC(=O)CCCCCCCCC. The second kappa shape index (κ2) is 51.0. The van der Waals surface area contributed by atoms with Crippen LogP contribution >= 0.6 is 15.6 Å². The molecule has 0 aliphatic carbocycles. The van der Waals surface area contributed by atoms with Gasteiger partial charge in [0.1, 0.15) is 19.3 Å². The number of aliphatic hydroxyl groups excluding tert-OH is 1. The Morgan fingerprint density at radius 2 is 0.597 bits per heavy atom. The van der Waals surface area contributed by atoms with Gasteiger partial charge in [0.05, 0.1) is 26.4 Å². The monoisotopic (exact) mass is 1140 g/mol. The van der Waals surface area contributed by atoms with Gasteiger partial charge in [-0.05, 0) is 37.5 Å². The lowest BCUT2D eigenvalue weighted by atomic mass is 10.0. The Morgan fingerprint density at radius 1 is 0.351 bits per heavy atom. The average molecular weight is 1140 g/mol. The first-order valence-corrected chi connectivity index (χ1v) is 33.5. The molecule has 0 aromatic carbocycles. The smallest absolute Gasteiger partial charge is 0.462 e. The molecule has 0 bridgehead atoms. The minimum absolute atomic E-state index is 0.103. The van der Waals surface area contributed by atoms with Crippen LogP contribution in [0.25, 0.3) is 0 Å². The van der Waals surface area contributed by atoms with Crippen molar-refractivity contribution < 1.29 is 80.2 Å². The molecule has 0 saturated heterocycles. The Bertz CT molecular complexity index is 1530. The highest BCUT2D eigenvalue weighted by molar-refractivity contribution is 7.47. The molecule has 0 aliphatic rings. The summed E-state index contributed by atoms with van der Waals surface area (Å²) in [4.78, 5) is 71.7. The predicted molar refractivity (Wildman–Crippen MR) is 303 cm³/mol. The Morgan fingerprint density at radius 3 is 0.883 bits per heavy atom. The van der Waals surface area contributed by atoms with Crippen LogP contribution in [0.4, 0.5) is 0 Å². The van der Waals surface area contributed by atoms with Gasteiger partial charge >= 0.3 is 39.5 Å². The molecule has 0 rings (SSSR count). The molecule has 17 nitrogen and oxygen atoms in total. The van der Waals surface area contributed by atoms with Crippen molar-refractivity contribution in [3.05, 3.63) is 0 Å². The van der Waals surface area contributed by atoms with E-state index in [2.05, 4.69) is 41.5 Å². The molecule has 0 aliphatic heterocycles. The van der Waals surface area contributed by atoms with Gasteiger partial charge in [0.15, 0.2) is 12.2 Å². The van der Waals surface area contributed by atoms with Crippen molar-refractivity contribution in [3.63, 3.8) is 0 Å². The van der Waals surface area contributed by atoms with Crippen molar-refractivity contribution in [2.75, 3.05) is 39.6 Å². The summed E-state index contributed by atoms with van der Waals surface area (Å²) in [6.45, 7) is 9.30. The topological polar surface area (TPSA) is 237 Å². The summed E-state index contributed by atoms with van der Waals surface area (Å²) < 4.78 is 67.5. The summed E-state index contributed by atoms with van der Waals surface area (Å²) in [5.74, 6) is -0.689. The maximum Gasteiger partial charge on any atom is 0.472 e. The summed E-state index contributed by atoms with van der Waals surface area (Å²) in [5, 5.41) is 10.5. The molecule has 19 heteroatoms. The van der Waals surface area contributed by atoms with Crippen molar-refractivity contribution in [1.29, 1.82) is 0 Å². The van der Waals surface area contributed by atoms with E-state index < -0.39 is 97.5 Å². The van der Waals surface area contributed by atoms with Gasteiger partial charge in [-0.25, -0.2) is 9.13 Å². The fourth-order valence-corrected chi connectivity index (χ4v) is 10.0. The highest BCUT2D eigenvalue weighted by atomic mass is 31.2. The van der Waals surface area contributed by atoms with E-state index in [1.54, 1.807) is 0 Å². The largest absolute Gasteiger partial charge is 0.472 e. The molecule has 0 aromatic rings. The van der Waals surface area contributed by atoms with Crippen molar-refractivity contribution in [2.24, 2.45) is 11.8 Å². The number of rotatable bonds is 57. The van der Waals surface area contributed by atoms with E-state index in [0.717, 1.165) is 127 Å². The van der Waals surface area contributed by atoms with E-state index in [4.69, 9.17) is 37.0 Å². The Labute approximate surface area is 467 Å². The fourth-order valence-electron chi connectivity index (χ4n) is 8.47. The minimum Gasteiger partial charge on any atom is -0.462 e. The van der Waals surface area contributed by atoms with E-state index in [-0.39, 0.29) is 25.7 Å². The second-order valence-corrected chi connectivity index (χ2v) is 24.9. The molecule has 0 heterocycles. The highest BCUT2D eigenvalue weighted by Crippen LogP contribution is 2.45. The zero-order valence-electron chi connectivity index (χ0n) is 49.2. The molecular formula is C58H112O17P2. The number of esters is 4. The van der Waals surface area contributed by atoms with Crippen LogP contribution in [0, 0.1) is 11.8 Å². The fraction of sp³-hybridized carbons (Fsp3) is 0.931. The van der Waals surface area contributed by atoms with E-state index in [0.29, 0.717) is 25.7 Å². The molecule has 0 fully saturated rings. The maximum atomic E-state index is 12.9. The average Bonchev–Trinajstić information content (AvgIpc) is 3.38. The third kappa shape index (κ3) is 53.2. The number of unbranched alkanes of at least 4 members (excludes halogenated alkanes) is 27. The van der Waals surface area contributed by atoms with Gasteiger partial charge in [-0.1, -0.05) is 228 Å². The number of hydrogen-bond acceptors (Lipinski definition) is 15. The molecule has 0 radical (unpaired) electrons. The van der Waals surface area contributed by atoms with E-state index >= 15 is 0 Å². The molecule has 2 unspecified atom stereocenters. The number of carbonyl (C=O) groups is 4. The van der Waals surface area contributed by atoms with Crippen LogP contribution in [-0.2, 0) is 65.4 Å². The van der Waals surface area contributed by atoms with Crippen LogP contribution in [-0.4, -0.2) is 96.7 Å². The van der Waals surface area contributed by atoms with Gasteiger partial charge in [0, 0.05) is 25.7 Å². The lowest BCUT2D eigenvalue weighted by Gasteiger charge is -2.21. The number of hydrogen-bond donors (Lipinski definition) is 3. The van der Waals surface area contributed by atoms with Gasteiger partial charge in [-0.3, -0.25) is 37.3 Å². The molecule has 0 amide bonds. The second-order valence-electron chi connectivity index (χ2n) is 22.0. The summed E-state index contributed by atoms with van der Waals surface area (Å²) in [6, 6.07) is 0. The molecule has 3 N–H and O–H groups in total. The summed E-state index contributed by atoms with van der Waals surface area (Å²) in [6.07, 6.45) is 31.0. The van der Waals surface area contributed by atoms with Gasteiger partial charge in [0.2, 0.25) is 0 Å². The summed E-state index contributed by atoms with van der Waals surface area (Å²) in [5.41, 5.74) is 0. The third-order valence-corrected chi connectivity index (χ3v) is 15.1. The predicted octanol–water partition coefficient (Wildman–Crippen LogP) is 15.3. The molecule has 0 aromatic heterocycles. The number of carbonyl (C=O) groups excluding carboxylic acids is 4.